The SMILES string of the molecule is N#CCc1[nH]nc(N2CC(CBr)CC2=O)c1C#N. The second-order valence-electron chi connectivity index (χ2n) is 4.08. The maximum absolute atomic E-state index is 11.9. The molecule has 1 aromatic rings. The normalized spacial score (nSPS) is 18.7. The summed E-state index contributed by atoms with van der Waals surface area (Å²) in [6.45, 7) is 0.551. The Bertz CT molecular complexity index is 553. The summed E-state index contributed by atoms with van der Waals surface area (Å²) < 4.78 is 0. The van der Waals surface area contributed by atoms with Crippen molar-refractivity contribution in [2.75, 3.05) is 16.8 Å². The first-order valence-electron chi connectivity index (χ1n) is 5.41. The molecule has 1 aromatic heterocycles. The molecule has 1 fully saturated rings. The Kier molecular flexibility index (Phi) is 3.63. The van der Waals surface area contributed by atoms with Gasteiger partial charge in [-0.2, -0.15) is 15.6 Å². The van der Waals surface area contributed by atoms with Crippen LogP contribution in [0.3, 0.4) is 0 Å². The smallest absolute Gasteiger partial charge is 0.228 e. The number of H-pyrrole nitrogens is 1. The van der Waals surface area contributed by atoms with Gasteiger partial charge in [0.2, 0.25) is 5.91 Å². The molecule has 0 spiro atoms. The van der Waals surface area contributed by atoms with Crippen LogP contribution in [0.4, 0.5) is 5.82 Å². The molecular formula is C11H10BrN5O. The number of halogens is 1. The van der Waals surface area contributed by atoms with E-state index in [9.17, 15) is 4.79 Å². The average Bonchev–Trinajstić information content (AvgIpc) is 2.92. The summed E-state index contributed by atoms with van der Waals surface area (Å²) >= 11 is 3.35. The third-order valence-corrected chi connectivity index (χ3v) is 3.78. The largest absolute Gasteiger partial charge is 0.294 e. The fourth-order valence-corrected chi connectivity index (χ4v) is 2.41. The highest BCUT2D eigenvalue weighted by Gasteiger charge is 2.33. The van der Waals surface area contributed by atoms with E-state index in [1.54, 1.807) is 0 Å². The molecule has 0 bridgehead atoms. The zero-order valence-electron chi connectivity index (χ0n) is 9.48. The van der Waals surface area contributed by atoms with Gasteiger partial charge in [0.25, 0.3) is 0 Å². The Morgan fingerprint density at radius 3 is 2.89 bits per heavy atom. The Labute approximate surface area is 112 Å². The van der Waals surface area contributed by atoms with Crippen LogP contribution in [-0.4, -0.2) is 28.0 Å². The molecule has 1 aliphatic rings. The van der Waals surface area contributed by atoms with Gasteiger partial charge in [0.05, 0.1) is 18.2 Å². The van der Waals surface area contributed by atoms with E-state index in [4.69, 9.17) is 10.5 Å². The van der Waals surface area contributed by atoms with E-state index >= 15 is 0 Å². The first-order chi connectivity index (χ1) is 8.71. The number of nitrogens with one attached hydrogen (secondary N) is 1. The highest BCUT2D eigenvalue weighted by atomic mass is 79.9. The van der Waals surface area contributed by atoms with Crippen molar-refractivity contribution in [1.29, 1.82) is 10.5 Å². The standard InChI is InChI=1S/C11H10BrN5O/c12-4-7-3-10(18)17(6-7)11-8(5-14)9(1-2-13)15-16-11/h7H,1,3-4,6H2,(H,15,16). The number of amides is 1. The monoisotopic (exact) mass is 307 g/mol. The lowest BCUT2D eigenvalue weighted by Crippen LogP contribution is -2.25. The summed E-state index contributed by atoms with van der Waals surface area (Å²) in [6, 6.07) is 3.97. The van der Waals surface area contributed by atoms with Gasteiger partial charge < -0.3 is 0 Å². The number of aromatic amines is 1. The van der Waals surface area contributed by atoms with Gasteiger partial charge in [0, 0.05) is 18.3 Å². The topological polar surface area (TPSA) is 96.6 Å². The fourth-order valence-electron chi connectivity index (χ4n) is 1.98. The van der Waals surface area contributed by atoms with Gasteiger partial charge in [0.15, 0.2) is 5.82 Å². The summed E-state index contributed by atoms with van der Waals surface area (Å²) in [4.78, 5) is 13.4. The number of anilines is 1. The van der Waals surface area contributed by atoms with Crippen LogP contribution in [0, 0.1) is 28.6 Å². The number of alkyl halides is 1. The third-order valence-electron chi connectivity index (χ3n) is 2.87. The molecule has 1 aliphatic heterocycles. The maximum Gasteiger partial charge on any atom is 0.228 e. The summed E-state index contributed by atoms with van der Waals surface area (Å²) in [5.41, 5.74) is 0.755. The Hall–Kier alpha value is -1.86. The molecule has 2 rings (SSSR count). The van der Waals surface area contributed by atoms with E-state index in [0.29, 0.717) is 30.0 Å². The van der Waals surface area contributed by atoms with E-state index in [1.165, 1.54) is 4.90 Å². The molecule has 7 heteroatoms. The minimum atomic E-state index is -0.0362. The number of hydrogen-bond donors (Lipinski definition) is 1. The van der Waals surface area contributed by atoms with Gasteiger partial charge in [0.1, 0.15) is 11.6 Å². The highest BCUT2D eigenvalue weighted by Crippen LogP contribution is 2.28. The van der Waals surface area contributed by atoms with Gasteiger partial charge in [-0.15, -0.1) is 0 Å². The molecule has 18 heavy (non-hydrogen) atoms. The van der Waals surface area contributed by atoms with E-state index in [0.717, 1.165) is 5.33 Å². The van der Waals surface area contributed by atoms with Gasteiger partial charge >= 0.3 is 0 Å². The summed E-state index contributed by atoms with van der Waals surface area (Å²) in [5.74, 6) is 0.544. The lowest BCUT2D eigenvalue weighted by atomic mass is 10.2. The van der Waals surface area contributed by atoms with Crippen LogP contribution in [0.25, 0.3) is 0 Å². The number of nitrogens with zero attached hydrogens (tertiary/aromatic N) is 4. The zero-order valence-corrected chi connectivity index (χ0v) is 11.1. The molecule has 92 valence electrons. The van der Waals surface area contributed by atoms with Gasteiger partial charge in [-0.05, 0) is 5.92 Å². The van der Waals surface area contributed by atoms with E-state index in [-0.39, 0.29) is 18.2 Å². The Balaban J connectivity index is 2.33. The van der Waals surface area contributed by atoms with Crippen LogP contribution in [0.5, 0.6) is 0 Å². The van der Waals surface area contributed by atoms with Crippen LogP contribution in [0.15, 0.2) is 0 Å². The number of aromatic nitrogens is 2. The number of hydrogen-bond acceptors (Lipinski definition) is 4. The number of carbonyl (C=O) groups is 1. The first kappa shape index (κ1) is 12.6. The molecule has 1 amide bonds. The van der Waals surface area contributed by atoms with Crippen molar-refractivity contribution >= 4 is 27.7 Å². The van der Waals surface area contributed by atoms with Crippen molar-refractivity contribution in [3.63, 3.8) is 0 Å². The van der Waals surface area contributed by atoms with Crippen molar-refractivity contribution < 1.29 is 4.79 Å². The van der Waals surface area contributed by atoms with Gasteiger partial charge in [-0.25, -0.2) is 0 Å². The van der Waals surface area contributed by atoms with Crippen molar-refractivity contribution in [2.45, 2.75) is 12.8 Å². The Morgan fingerprint density at radius 1 is 1.56 bits per heavy atom. The number of rotatable bonds is 3. The van der Waals surface area contributed by atoms with Gasteiger partial charge in [-0.3, -0.25) is 14.8 Å². The van der Waals surface area contributed by atoms with Crippen LogP contribution in [-0.2, 0) is 11.2 Å². The van der Waals surface area contributed by atoms with E-state index in [1.807, 2.05) is 12.1 Å². The summed E-state index contributed by atoms with van der Waals surface area (Å²) in [5, 5.41) is 25.2. The quantitative estimate of drug-likeness (QED) is 0.845. The molecule has 1 unspecified atom stereocenters. The molecule has 2 heterocycles. The van der Waals surface area contributed by atoms with Crippen molar-refractivity contribution in [1.82, 2.24) is 10.2 Å². The lowest BCUT2D eigenvalue weighted by Gasteiger charge is -2.13. The van der Waals surface area contributed by atoms with Crippen LogP contribution in [0.2, 0.25) is 0 Å². The van der Waals surface area contributed by atoms with Crippen LogP contribution in [0.1, 0.15) is 17.7 Å². The predicted octanol–water partition coefficient (Wildman–Crippen LogP) is 1.10. The van der Waals surface area contributed by atoms with Crippen molar-refractivity contribution in [3.05, 3.63) is 11.3 Å². The lowest BCUT2D eigenvalue weighted by molar-refractivity contribution is -0.117. The van der Waals surface area contributed by atoms with E-state index in [2.05, 4.69) is 26.1 Å². The molecule has 1 saturated heterocycles. The fraction of sp³-hybridized carbons (Fsp3) is 0.455. The minimum absolute atomic E-state index is 0.0362. The van der Waals surface area contributed by atoms with Crippen LogP contribution < -0.4 is 4.90 Å². The summed E-state index contributed by atoms with van der Waals surface area (Å²) in [7, 11) is 0. The molecule has 1 N–H and O–H groups in total. The van der Waals surface area contributed by atoms with E-state index < -0.39 is 0 Å². The second kappa shape index (κ2) is 5.19. The highest BCUT2D eigenvalue weighted by molar-refractivity contribution is 9.09. The molecule has 0 radical (unpaired) electrons. The third kappa shape index (κ3) is 2.09. The minimum Gasteiger partial charge on any atom is -0.294 e. The number of carbonyl (C=O) groups excluding carboxylic acids is 1. The van der Waals surface area contributed by atoms with Gasteiger partial charge in [-0.1, -0.05) is 15.9 Å². The predicted molar refractivity (Wildman–Crippen MR) is 66.9 cm³/mol. The number of nitriles is 2. The Morgan fingerprint density at radius 2 is 2.33 bits per heavy atom. The van der Waals surface area contributed by atoms with Crippen molar-refractivity contribution in [2.24, 2.45) is 5.92 Å². The maximum atomic E-state index is 11.9. The van der Waals surface area contributed by atoms with Crippen molar-refractivity contribution in [3.8, 4) is 12.1 Å². The zero-order chi connectivity index (χ0) is 13.1. The molecule has 1 atom stereocenters. The second-order valence-corrected chi connectivity index (χ2v) is 4.72. The first-order valence-corrected chi connectivity index (χ1v) is 6.54. The molecule has 6 nitrogen and oxygen atoms in total. The molecule has 0 aromatic carbocycles. The summed E-state index contributed by atoms with van der Waals surface area (Å²) in [6.07, 6.45) is 0.538. The molecular weight excluding hydrogens is 298 g/mol. The van der Waals surface area contributed by atoms with Crippen LogP contribution >= 0.6 is 15.9 Å². The molecule has 0 aliphatic carbocycles. The molecule has 0 saturated carbocycles. The average molecular weight is 308 g/mol.